The number of nitrogens with one attached hydrogen (secondary N) is 1. The molecule has 0 aliphatic carbocycles. The molecule has 0 aromatic carbocycles. The normalized spacial score (nSPS) is 16.5. The molecular formula is C11H17N4. The highest BCUT2D eigenvalue weighted by atomic mass is 15.2. The molecule has 0 bridgehead atoms. The van der Waals surface area contributed by atoms with Crippen LogP contribution in [0.15, 0.2) is 18.3 Å². The Kier molecular flexibility index (Phi) is 3.40. The van der Waals surface area contributed by atoms with E-state index in [1.165, 1.54) is 0 Å². The van der Waals surface area contributed by atoms with Crippen LogP contribution in [0.2, 0.25) is 0 Å². The van der Waals surface area contributed by atoms with Gasteiger partial charge in [-0.05, 0) is 19.1 Å². The summed E-state index contributed by atoms with van der Waals surface area (Å²) < 4.78 is 0. The Hall–Kier alpha value is -1.29. The minimum absolute atomic E-state index is 0.919. The molecule has 1 aromatic heterocycles. The van der Waals surface area contributed by atoms with Crippen LogP contribution in [0.4, 0.5) is 11.5 Å². The van der Waals surface area contributed by atoms with Gasteiger partial charge in [0.15, 0.2) is 5.82 Å². The van der Waals surface area contributed by atoms with Gasteiger partial charge in [0.25, 0.3) is 0 Å². The van der Waals surface area contributed by atoms with Crippen molar-refractivity contribution in [1.29, 1.82) is 0 Å². The van der Waals surface area contributed by atoms with Crippen molar-refractivity contribution in [2.24, 2.45) is 0 Å². The predicted molar refractivity (Wildman–Crippen MR) is 62.5 cm³/mol. The van der Waals surface area contributed by atoms with Gasteiger partial charge in [0.05, 0.1) is 5.69 Å². The van der Waals surface area contributed by atoms with E-state index >= 15 is 0 Å². The maximum Gasteiger partial charge on any atom is 0.152 e. The Morgan fingerprint density at radius 1 is 1.40 bits per heavy atom. The first-order valence-electron chi connectivity index (χ1n) is 5.49. The lowest BCUT2D eigenvalue weighted by molar-refractivity contribution is 0.575. The van der Waals surface area contributed by atoms with Crippen molar-refractivity contribution in [2.45, 2.75) is 6.92 Å². The molecule has 1 N–H and O–H groups in total. The van der Waals surface area contributed by atoms with Gasteiger partial charge < -0.3 is 10.2 Å². The van der Waals surface area contributed by atoms with Crippen molar-refractivity contribution < 1.29 is 0 Å². The van der Waals surface area contributed by atoms with Gasteiger partial charge in [0, 0.05) is 38.9 Å². The van der Waals surface area contributed by atoms with Gasteiger partial charge in [-0.1, -0.05) is 0 Å². The van der Waals surface area contributed by atoms with Gasteiger partial charge in [-0.15, -0.1) is 0 Å². The van der Waals surface area contributed by atoms with Gasteiger partial charge in [-0.3, -0.25) is 0 Å². The second kappa shape index (κ2) is 4.98. The van der Waals surface area contributed by atoms with Crippen molar-refractivity contribution in [1.82, 2.24) is 10.3 Å². The zero-order valence-corrected chi connectivity index (χ0v) is 9.11. The highest BCUT2D eigenvalue weighted by molar-refractivity contribution is 5.65. The van der Waals surface area contributed by atoms with Crippen molar-refractivity contribution >= 4 is 11.5 Å². The summed E-state index contributed by atoms with van der Waals surface area (Å²) in [5.74, 6) is 1.06. The lowest BCUT2D eigenvalue weighted by Crippen LogP contribution is -2.41. The first-order valence-corrected chi connectivity index (χ1v) is 5.49. The number of anilines is 2. The van der Waals surface area contributed by atoms with Crippen molar-refractivity contribution in [2.75, 3.05) is 42.9 Å². The molecule has 0 amide bonds. The second-order valence-electron chi connectivity index (χ2n) is 3.56. The number of pyridine rings is 1. The maximum absolute atomic E-state index is 4.44. The summed E-state index contributed by atoms with van der Waals surface area (Å²) in [6.45, 7) is 6.83. The quantitative estimate of drug-likeness (QED) is 0.798. The summed E-state index contributed by atoms with van der Waals surface area (Å²) in [5, 5.41) is 7.68. The smallest absolute Gasteiger partial charge is 0.152 e. The van der Waals surface area contributed by atoms with Crippen LogP contribution in [0, 0.1) is 0 Å². The van der Waals surface area contributed by atoms with E-state index in [2.05, 4.69) is 33.5 Å². The average Bonchev–Trinajstić information content (AvgIpc) is 2.31. The monoisotopic (exact) mass is 205 g/mol. The molecule has 1 aliphatic rings. The number of aromatic nitrogens is 1. The minimum atomic E-state index is 0.919. The molecule has 1 radical (unpaired) electrons. The summed E-state index contributed by atoms with van der Waals surface area (Å²) in [5.41, 5.74) is 1.13. The number of nitrogens with zero attached hydrogens (tertiary/aromatic N) is 3. The molecule has 0 unspecified atom stereocenters. The zero-order valence-electron chi connectivity index (χ0n) is 9.11. The zero-order chi connectivity index (χ0) is 10.5. The molecule has 4 heteroatoms. The van der Waals surface area contributed by atoms with Crippen LogP contribution in [0.5, 0.6) is 0 Å². The summed E-state index contributed by atoms with van der Waals surface area (Å²) >= 11 is 0. The first kappa shape index (κ1) is 10.2. The average molecular weight is 205 g/mol. The molecular weight excluding hydrogens is 188 g/mol. The SMILES string of the molecule is CCNc1cccnc1N1CC[N]CC1. The molecule has 4 nitrogen and oxygen atoms in total. The molecule has 1 aliphatic heterocycles. The molecule has 0 spiro atoms. The second-order valence-corrected chi connectivity index (χ2v) is 3.56. The minimum Gasteiger partial charge on any atom is -0.382 e. The number of hydrogen-bond donors (Lipinski definition) is 1. The fourth-order valence-corrected chi connectivity index (χ4v) is 1.80. The van der Waals surface area contributed by atoms with Crippen LogP contribution in [-0.2, 0) is 0 Å². The Morgan fingerprint density at radius 3 is 2.93 bits per heavy atom. The van der Waals surface area contributed by atoms with Crippen LogP contribution >= 0.6 is 0 Å². The van der Waals surface area contributed by atoms with Gasteiger partial charge in [-0.25, -0.2) is 10.3 Å². The van der Waals surface area contributed by atoms with Gasteiger partial charge in [0.2, 0.25) is 0 Å². The topological polar surface area (TPSA) is 42.3 Å². The van der Waals surface area contributed by atoms with Crippen LogP contribution in [0.25, 0.3) is 0 Å². The fourth-order valence-electron chi connectivity index (χ4n) is 1.80. The third-order valence-electron chi connectivity index (χ3n) is 2.51. The lowest BCUT2D eigenvalue weighted by atomic mass is 10.3. The third-order valence-corrected chi connectivity index (χ3v) is 2.51. The first-order chi connectivity index (χ1) is 7.42. The molecule has 15 heavy (non-hydrogen) atoms. The number of piperazine rings is 1. The van der Waals surface area contributed by atoms with Crippen LogP contribution in [-0.4, -0.2) is 37.7 Å². The van der Waals surface area contributed by atoms with E-state index in [0.717, 1.165) is 44.2 Å². The third kappa shape index (κ3) is 2.39. The molecule has 1 fully saturated rings. The maximum atomic E-state index is 4.44. The standard InChI is InChI=1S/C11H17N4/c1-2-13-10-4-3-5-14-11(10)15-8-6-12-7-9-15/h3-5,13H,2,6-9H2,1H3. The molecule has 0 atom stereocenters. The number of hydrogen-bond acceptors (Lipinski definition) is 3. The van der Waals surface area contributed by atoms with E-state index in [0.29, 0.717) is 0 Å². The van der Waals surface area contributed by atoms with Crippen molar-refractivity contribution in [3.05, 3.63) is 18.3 Å². The molecule has 0 saturated carbocycles. The Morgan fingerprint density at radius 2 is 2.20 bits per heavy atom. The van der Waals surface area contributed by atoms with Crippen molar-refractivity contribution in [3.8, 4) is 0 Å². The van der Waals surface area contributed by atoms with E-state index in [1.54, 1.807) is 0 Å². The van der Waals surface area contributed by atoms with Gasteiger partial charge >= 0.3 is 0 Å². The lowest BCUT2D eigenvalue weighted by Gasteiger charge is -2.29. The number of rotatable bonds is 3. The van der Waals surface area contributed by atoms with E-state index in [9.17, 15) is 0 Å². The van der Waals surface area contributed by atoms with Gasteiger partial charge in [0.1, 0.15) is 0 Å². The van der Waals surface area contributed by atoms with Crippen LogP contribution in [0.1, 0.15) is 6.92 Å². The van der Waals surface area contributed by atoms with Crippen LogP contribution in [0.3, 0.4) is 0 Å². The van der Waals surface area contributed by atoms with Gasteiger partial charge in [-0.2, -0.15) is 0 Å². The molecule has 2 rings (SSSR count). The molecule has 1 saturated heterocycles. The van der Waals surface area contributed by atoms with E-state index < -0.39 is 0 Å². The Bertz CT molecular complexity index is 307. The highest BCUT2D eigenvalue weighted by Crippen LogP contribution is 2.22. The van der Waals surface area contributed by atoms with Crippen LogP contribution < -0.4 is 15.5 Å². The Labute approximate surface area is 90.7 Å². The van der Waals surface area contributed by atoms with E-state index in [-0.39, 0.29) is 0 Å². The Balaban J connectivity index is 2.17. The highest BCUT2D eigenvalue weighted by Gasteiger charge is 2.14. The summed E-state index contributed by atoms with van der Waals surface area (Å²) in [6.07, 6.45) is 1.85. The molecule has 81 valence electrons. The fraction of sp³-hybridized carbons (Fsp3) is 0.545. The van der Waals surface area contributed by atoms with E-state index in [1.807, 2.05) is 12.3 Å². The van der Waals surface area contributed by atoms with E-state index in [4.69, 9.17) is 0 Å². The van der Waals surface area contributed by atoms with Crippen molar-refractivity contribution in [3.63, 3.8) is 0 Å². The molecule has 1 aromatic rings. The predicted octanol–water partition coefficient (Wildman–Crippen LogP) is 0.938. The largest absolute Gasteiger partial charge is 0.382 e. The summed E-state index contributed by atoms with van der Waals surface area (Å²) in [6, 6.07) is 4.05. The molecule has 2 heterocycles. The summed E-state index contributed by atoms with van der Waals surface area (Å²) in [7, 11) is 0. The summed E-state index contributed by atoms with van der Waals surface area (Å²) in [4.78, 5) is 6.74.